The zero-order valence-corrected chi connectivity index (χ0v) is 15.2. The number of carbonyl (C=O) groups is 1. The van der Waals surface area contributed by atoms with E-state index in [0.29, 0.717) is 19.7 Å². The van der Waals surface area contributed by atoms with Crippen molar-refractivity contribution in [1.82, 2.24) is 19.8 Å². The summed E-state index contributed by atoms with van der Waals surface area (Å²) in [6.45, 7) is 3.29. The summed E-state index contributed by atoms with van der Waals surface area (Å²) >= 11 is 1.47. The molecule has 2 fully saturated rings. The highest BCUT2D eigenvalue weighted by atomic mass is 32.2. The van der Waals surface area contributed by atoms with Crippen LogP contribution in [0.2, 0.25) is 0 Å². The number of nitrogens with one attached hydrogen (secondary N) is 1. The Hall–Kier alpha value is -1.10. The van der Waals surface area contributed by atoms with Crippen molar-refractivity contribution in [1.29, 1.82) is 0 Å². The predicted molar refractivity (Wildman–Crippen MR) is 89.0 cm³/mol. The van der Waals surface area contributed by atoms with Gasteiger partial charge in [0.05, 0.1) is 31.1 Å². The summed E-state index contributed by atoms with van der Waals surface area (Å²) in [5.74, 6) is -0.199. The number of aromatic nitrogens is 2. The number of rotatable bonds is 7. The molecule has 1 amide bonds. The van der Waals surface area contributed by atoms with Crippen LogP contribution in [0.5, 0.6) is 0 Å². The molecule has 1 aliphatic heterocycles. The number of sulfonamides is 1. The monoisotopic (exact) mass is 374 g/mol. The van der Waals surface area contributed by atoms with Crippen LogP contribution in [0, 0.1) is 0 Å². The third-order valence-corrected chi connectivity index (χ3v) is 7.63. The van der Waals surface area contributed by atoms with E-state index >= 15 is 0 Å². The molecule has 2 aliphatic rings. The third kappa shape index (κ3) is 4.11. The SMILES string of the molecule is CCc1nnc(CNC(=O)CC2COCCN2S(=O)(=O)C2CC2)s1. The molecule has 3 rings (SSSR count). The maximum Gasteiger partial charge on any atom is 0.222 e. The first kappa shape index (κ1) is 17.7. The largest absolute Gasteiger partial charge is 0.378 e. The average Bonchev–Trinajstić information content (AvgIpc) is 3.33. The quantitative estimate of drug-likeness (QED) is 0.737. The standard InChI is InChI=1S/C14H22N4O4S2/c1-2-13-16-17-14(23-13)8-15-12(19)7-10-9-22-6-5-18(10)24(20,21)11-3-4-11/h10-11H,2-9H2,1H3,(H,15,19). The Morgan fingerprint density at radius 3 is 2.79 bits per heavy atom. The third-order valence-electron chi connectivity index (χ3n) is 4.11. The summed E-state index contributed by atoms with van der Waals surface area (Å²) in [7, 11) is -3.30. The zero-order chi connectivity index (χ0) is 17.2. The van der Waals surface area contributed by atoms with Crippen LogP contribution in [0.25, 0.3) is 0 Å². The van der Waals surface area contributed by atoms with Gasteiger partial charge in [0.25, 0.3) is 0 Å². The number of morpholine rings is 1. The fourth-order valence-electron chi connectivity index (χ4n) is 2.66. The van der Waals surface area contributed by atoms with Crippen molar-refractivity contribution in [2.75, 3.05) is 19.8 Å². The summed E-state index contributed by atoms with van der Waals surface area (Å²) in [6.07, 6.45) is 2.36. The van der Waals surface area contributed by atoms with Crippen LogP contribution in [0.1, 0.15) is 36.2 Å². The lowest BCUT2D eigenvalue weighted by Crippen LogP contribution is -2.51. The fraction of sp³-hybridized carbons (Fsp3) is 0.786. The number of nitrogens with zero attached hydrogens (tertiary/aromatic N) is 3. The molecule has 2 heterocycles. The molecular formula is C14H22N4O4S2. The Morgan fingerprint density at radius 2 is 2.12 bits per heavy atom. The Balaban J connectivity index is 1.55. The zero-order valence-electron chi connectivity index (χ0n) is 13.6. The van der Waals surface area contributed by atoms with Crippen LogP contribution in [-0.4, -0.2) is 59.9 Å². The lowest BCUT2D eigenvalue weighted by Gasteiger charge is -2.34. The van der Waals surface area contributed by atoms with Crippen molar-refractivity contribution in [2.45, 2.75) is 50.4 Å². The molecule has 0 aromatic carbocycles. The predicted octanol–water partition coefficient (Wildman–Crippen LogP) is 0.300. The second kappa shape index (κ2) is 7.42. The van der Waals surface area contributed by atoms with Crippen LogP contribution in [-0.2, 0) is 32.5 Å². The Labute approximate surface area is 145 Å². The molecule has 24 heavy (non-hydrogen) atoms. The molecule has 1 saturated heterocycles. The normalized spacial score (nSPS) is 22.5. The van der Waals surface area contributed by atoms with E-state index in [1.54, 1.807) is 0 Å². The van der Waals surface area contributed by atoms with Crippen LogP contribution < -0.4 is 5.32 Å². The highest BCUT2D eigenvalue weighted by Crippen LogP contribution is 2.33. The van der Waals surface area contributed by atoms with Gasteiger partial charge in [-0.05, 0) is 19.3 Å². The van der Waals surface area contributed by atoms with Crippen LogP contribution in [0.15, 0.2) is 0 Å². The highest BCUT2D eigenvalue weighted by molar-refractivity contribution is 7.90. The lowest BCUT2D eigenvalue weighted by molar-refractivity contribution is -0.123. The van der Waals surface area contributed by atoms with E-state index in [1.165, 1.54) is 15.6 Å². The lowest BCUT2D eigenvalue weighted by atomic mass is 10.2. The second-order valence-electron chi connectivity index (χ2n) is 6.01. The molecule has 1 saturated carbocycles. The van der Waals surface area contributed by atoms with E-state index in [2.05, 4.69) is 15.5 Å². The Morgan fingerprint density at radius 1 is 1.38 bits per heavy atom. The van der Waals surface area contributed by atoms with Crippen molar-refractivity contribution in [2.24, 2.45) is 0 Å². The second-order valence-corrected chi connectivity index (χ2v) is 9.32. The number of hydrogen-bond acceptors (Lipinski definition) is 7. The molecule has 0 spiro atoms. The highest BCUT2D eigenvalue weighted by Gasteiger charge is 2.44. The number of amides is 1. The minimum atomic E-state index is -3.30. The first-order valence-corrected chi connectivity index (χ1v) is 10.5. The minimum absolute atomic E-state index is 0.103. The van der Waals surface area contributed by atoms with Gasteiger partial charge in [-0.2, -0.15) is 4.31 Å². The van der Waals surface area contributed by atoms with E-state index < -0.39 is 16.1 Å². The van der Waals surface area contributed by atoms with Crippen molar-refractivity contribution < 1.29 is 17.9 Å². The van der Waals surface area contributed by atoms with Crippen molar-refractivity contribution in [3.63, 3.8) is 0 Å². The molecule has 0 radical (unpaired) electrons. The van der Waals surface area contributed by atoms with Gasteiger partial charge < -0.3 is 10.1 Å². The molecule has 8 nitrogen and oxygen atoms in total. The van der Waals surface area contributed by atoms with Gasteiger partial charge in [-0.15, -0.1) is 10.2 Å². The van der Waals surface area contributed by atoms with E-state index in [1.807, 2.05) is 6.92 Å². The van der Waals surface area contributed by atoms with E-state index in [4.69, 9.17) is 4.74 Å². The topological polar surface area (TPSA) is 101 Å². The summed E-state index contributed by atoms with van der Waals surface area (Å²) in [6, 6.07) is -0.426. The van der Waals surface area contributed by atoms with E-state index in [-0.39, 0.29) is 24.2 Å². The van der Waals surface area contributed by atoms with Crippen LogP contribution in [0.3, 0.4) is 0 Å². The number of aryl methyl sites for hydroxylation is 1. The van der Waals surface area contributed by atoms with Crippen molar-refractivity contribution in [3.05, 3.63) is 10.0 Å². The summed E-state index contributed by atoms with van der Waals surface area (Å²) in [4.78, 5) is 12.2. The molecule has 1 unspecified atom stereocenters. The maximum atomic E-state index is 12.5. The molecule has 1 aliphatic carbocycles. The number of carbonyl (C=O) groups excluding carboxylic acids is 1. The molecule has 134 valence electrons. The van der Waals surface area contributed by atoms with Gasteiger partial charge in [-0.25, -0.2) is 8.42 Å². The summed E-state index contributed by atoms with van der Waals surface area (Å²) < 4.78 is 31.8. The number of ether oxygens (including phenoxy) is 1. The van der Waals surface area contributed by atoms with Gasteiger partial charge in [0.2, 0.25) is 15.9 Å². The first-order valence-electron chi connectivity index (χ1n) is 8.17. The first-order chi connectivity index (χ1) is 11.5. The van der Waals surface area contributed by atoms with Crippen molar-refractivity contribution in [3.8, 4) is 0 Å². The minimum Gasteiger partial charge on any atom is -0.378 e. The maximum absolute atomic E-state index is 12.5. The fourth-order valence-corrected chi connectivity index (χ4v) is 5.37. The molecule has 10 heteroatoms. The van der Waals surface area contributed by atoms with E-state index in [0.717, 1.165) is 29.3 Å². The van der Waals surface area contributed by atoms with Crippen LogP contribution in [0.4, 0.5) is 0 Å². The van der Waals surface area contributed by atoms with Gasteiger partial charge in [-0.3, -0.25) is 4.79 Å². The van der Waals surface area contributed by atoms with Gasteiger partial charge in [0.15, 0.2) is 0 Å². The van der Waals surface area contributed by atoms with Gasteiger partial charge in [-0.1, -0.05) is 18.3 Å². The smallest absolute Gasteiger partial charge is 0.222 e. The average molecular weight is 374 g/mol. The molecule has 1 aromatic heterocycles. The van der Waals surface area contributed by atoms with Crippen molar-refractivity contribution >= 4 is 27.3 Å². The molecular weight excluding hydrogens is 352 g/mol. The Kier molecular flexibility index (Phi) is 5.48. The molecule has 1 aromatic rings. The summed E-state index contributed by atoms with van der Waals surface area (Å²) in [5, 5.41) is 12.2. The Bertz CT molecular complexity index is 687. The molecule has 0 bridgehead atoms. The molecule has 1 atom stereocenters. The van der Waals surface area contributed by atoms with Gasteiger partial charge in [0.1, 0.15) is 10.0 Å². The van der Waals surface area contributed by atoms with Gasteiger partial charge in [0, 0.05) is 13.0 Å². The van der Waals surface area contributed by atoms with Gasteiger partial charge >= 0.3 is 0 Å². The number of hydrogen-bond donors (Lipinski definition) is 1. The molecule has 1 N–H and O–H groups in total. The van der Waals surface area contributed by atoms with Crippen LogP contribution >= 0.6 is 11.3 Å². The summed E-state index contributed by atoms with van der Waals surface area (Å²) in [5.41, 5.74) is 0. The van der Waals surface area contributed by atoms with E-state index in [9.17, 15) is 13.2 Å².